The van der Waals surface area contributed by atoms with Gasteiger partial charge in [-0.25, -0.2) is 0 Å². The van der Waals surface area contributed by atoms with Gasteiger partial charge >= 0.3 is 5.00 Å². The summed E-state index contributed by atoms with van der Waals surface area (Å²) in [4.78, 5) is 22.3. The summed E-state index contributed by atoms with van der Waals surface area (Å²) in [6.45, 7) is 3.57. The molecule has 0 aliphatic carbocycles. The third-order valence-electron chi connectivity index (χ3n) is 2.78. The molecule has 7 heteroatoms. The van der Waals surface area contributed by atoms with E-state index in [1.807, 2.05) is 6.92 Å². The molecule has 0 aromatic carbocycles. The Morgan fingerprint density at radius 2 is 2.41 bits per heavy atom. The number of rotatable bonds is 3. The van der Waals surface area contributed by atoms with Crippen LogP contribution in [-0.4, -0.2) is 29.5 Å². The fourth-order valence-corrected chi connectivity index (χ4v) is 2.52. The number of nitrogens with one attached hydrogen (secondary N) is 2. The summed E-state index contributed by atoms with van der Waals surface area (Å²) < 4.78 is 0. The van der Waals surface area contributed by atoms with E-state index in [1.165, 1.54) is 12.1 Å². The highest BCUT2D eigenvalue weighted by molar-refractivity contribution is 7.17. The predicted molar refractivity (Wildman–Crippen MR) is 64.3 cm³/mol. The minimum Gasteiger partial charge on any atom is -0.345 e. The van der Waals surface area contributed by atoms with E-state index in [4.69, 9.17) is 0 Å². The van der Waals surface area contributed by atoms with Crippen molar-refractivity contribution in [1.82, 2.24) is 10.6 Å². The average Bonchev–Trinajstić information content (AvgIpc) is 2.86. The largest absolute Gasteiger partial charge is 0.345 e. The maximum atomic E-state index is 11.9. The van der Waals surface area contributed by atoms with Crippen LogP contribution in [0.5, 0.6) is 0 Å². The molecule has 1 aliphatic rings. The van der Waals surface area contributed by atoms with Gasteiger partial charge in [0, 0.05) is 12.6 Å². The second-order valence-corrected chi connectivity index (χ2v) is 5.40. The normalized spacial score (nSPS) is 23.6. The molecule has 0 saturated carbocycles. The van der Waals surface area contributed by atoms with E-state index in [0.717, 1.165) is 30.8 Å². The van der Waals surface area contributed by atoms with Crippen LogP contribution in [0.15, 0.2) is 12.1 Å². The van der Waals surface area contributed by atoms with Gasteiger partial charge in [0.05, 0.1) is 15.3 Å². The van der Waals surface area contributed by atoms with Crippen molar-refractivity contribution in [2.45, 2.75) is 18.9 Å². The molecule has 0 radical (unpaired) electrons. The first-order valence-electron chi connectivity index (χ1n) is 5.28. The van der Waals surface area contributed by atoms with E-state index in [0.29, 0.717) is 4.88 Å². The number of carbonyl (C=O) groups is 1. The van der Waals surface area contributed by atoms with E-state index >= 15 is 0 Å². The minimum absolute atomic E-state index is 0.00940. The maximum absolute atomic E-state index is 11.9. The SMILES string of the molecule is CC1(NC(=O)c2ccc([N+](=O)[O-])s2)CCNC1. The van der Waals surface area contributed by atoms with Gasteiger partial charge in [-0.2, -0.15) is 0 Å². The van der Waals surface area contributed by atoms with E-state index in [9.17, 15) is 14.9 Å². The standard InChI is InChI=1S/C10H13N3O3S/c1-10(4-5-11-6-10)12-9(14)7-2-3-8(17-7)13(15)16/h2-3,11H,4-6H2,1H3,(H,12,14). The molecule has 2 heterocycles. The van der Waals surface area contributed by atoms with Crippen molar-refractivity contribution < 1.29 is 9.72 Å². The summed E-state index contributed by atoms with van der Waals surface area (Å²) in [6, 6.07) is 2.85. The number of nitrogens with zero attached hydrogens (tertiary/aromatic N) is 1. The fourth-order valence-electron chi connectivity index (χ4n) is 1.81. The summed E-state index contributed by atoms with van der Waals surface area (Å²) in [6.07, 6.45) is 0.867. The van der Waals surface area contributed by atoms with Crippen molar-refractivity contribution in [3.63, 3.8) is 0 Å². The summed E-state index contributed by atoms with van der Waals surface area (Å²) in [5.41, 5.74) is -0.254. The van der Waals surface area contributed by atoms with Gasteiger partial charge in [0.2, 0.25) is 0 Å². The zero-order valence-electron chi connectivity index (χ0n) is 9.36. The van der Waals surface area contributed by atoms with E-state index in [-0.39, 0.29) is 16.4 Å². The molecular formula is C10H13N3O3S. The first-order valence-corrected chi connectivity index (χ1v) is 6.09. The first kappa shape index (κ1) is 12.0. The lowest BCUT2D eigenvalue weighted by molar-refractivity contribution is -0.380. The monoisotopic (exact) mass is 255 g/mol. The van der Waals surface area contributed by atoms with Gasteiger partial charge < -0.3 is 10.6 Å². The Morgan fingerprint density at radius 1 is 1.65 bits per heavy atom. The Hall–Kier alpha value is -1.47. The van der Waals surface area contributed by atoms with Crippen molar-refractivity contribution in [2.75, 3.05) is 13.1 Å². The van der Waals surface area contributed by atoms with Crippen LogP contribution in [0.25, 0.3) is 0 Å². The van der Waals surface area contributed by atoms with Crippen LogP contribution in [0.2, 0.25) is 0 Å². The number of thiophene rings is 1. The maximum Gasteiger partial charge on any atom is 0.324 e. The quantitative estimate of drug-likeness (QED) is 0.626. The Labute approximate surface area is 102 Å². The summed E-state index contributed by atoms with van der Waals surface area (Å²) in [5.74, 6) is -0.241. The lowest BCUT2D eigenvalue weighted by Gasteiger charge is -2.23. The number of carbonyl (C=O) groups excluding carboxylic acids is 1. The smallest absolute Gasteiger partial charge is 0.324 e. The summed E-state index contributed by atoms with van der Waals surface area (Å²) in [5, 5.41) is 16.6. The van der Waals surface area contributed by atoms with Gasteiger partial charge in [0.25, 0.3) is 5.91 Å². The molecule has 1 aliphatic heterocycles. The topological polar surface area (TPSA) is 84.3 Å². The lowest BCUT2D eigenvalue weighted by atomic mass is 10.0. The number of hydrogen-bond donors (Lipinski definition) is 2. The van der Waals surface area contributed by atoms with E-state index in [2.05, 4.69) is 10.6 Å². The van der Waals surface area contributed by atoms with Crippen LogP contribution in [0.4, 0.5) is 5.00 Å². The van der Waals surface area contributed by atoms with Crippen LogP contribution in [0, 0.1) is 10.1 Å². The highest BCUT2D eigenvalue weighted by Gasteiger charge is 2.31. The zero-order chi connectivity index (χ0) is 12.5. The Bertz CT molecular complexity index is 451. The van der Waals surface area contributed by atoms with Crippen molar-refractivity contribution in [1.29, 1.82) is 0 Å². The summed E-state index contributed by atoms with van der Waals surface area (Å²) >= 11 is 0.900. The number of nitro groups is 1. The van der Waals surface area contributed by atoms with Crippen molar-refractivity contribution in [3.05, 3.63) is 27.1 Å². The molecule has 1 aromatic rings. The van der Waals surface area contributed by atoms with Crippen LogP contribution in [0.3, 0.4) is 0 Å². The van der Waals surface area contributed by atoms with Crippen LogP contribution in [0.1, 0.15) is 23.0 Å². The molecule has 1 fully saturated rings. The van der Waals surface area contributed by atoms with E-state index in [1.54, 1.807) is 0 Å². The third-order valence-corrected chi connectivity index (χ3v) is 3.82. The highest BCUT2D eigenvalue weighted by Crippen LogP contribution is 2.24. The molecular weight excluding hydrogens is 242 g/mol. The van der Waals surface area contributed by atoms with Crippen molar-refractivity contribution in [2.24, 2.45) is 0 Å². The Kier molecular flexibility index (Phi) is 3.12. The number of hydrogen-bond acceptors (Lipinski definition) is 5. The van der Waals surface area contributed by atoms with Crippen LogP contribution < -0.4 is 10.6 Å². The molecule has 1 amide bonds. The van der Waals surface area contributed by atoms with Gasteiger partial charge in [-0.3, -0.25) is 14.9 Å². The average molecular weight is 255 g/mol. The molecule has 2 rings (SSSR count). The number of amides is 1. The Morgan fingerprint density at radius 3 is 2.94 bits per heavy atom. The molecule has 6 nitrogen and oxygen atoms in total. The fraction of sp³-hybridized carbons (Fsp3) is 0.500. The second-order valence-electron chi connectivity index (χ2n) is 4.34. The van der Waals surface area contributed by atoms with E-state index < -0.39 is 4.92 Å². The molecule has 2 N–H and O–H groups in total. The molecule has 1 atom stereocenters. The molecule has 1 aromatic heterocycles. The van der Waals surface area contributed by atoms with Gasteiger partial charge in [-0.05, 0) is 26.0 Å². The molecule has 0 bridgehead atoms. The van der Waals surface area contributed by atoms with Gasteiger partial charge in [-0.15, -0.1) is 0 Å². The molecule has 17 heavy (non-hydrogen) atoms. The van der Waals surface area contributed by atoms with Crippen molar-refractivity contribution >= 4 is 22.2 Å². The van der Waals surface area contributed by atoms with Crippen molar-refractivity contribution in [3.8, 4) is 0 Å². The molecule has 92 valence electrons. The van der Waals surface area contributed by atoms with Crippen LogP contribution in [-0.2, 0) is 0 Å². The molecule has 1 saturated heterocycles. The zero-order valence-corrected chi connectivity index (χ0v) is 10.2. The van der Waals surface area contributed by atoms with Gasteiger partial charge in [0.1, 0.15) is 0 Å². The third kappa shape index (κ3) is 2.62. The van der Waals surface area contributed by atoms with Gasteiger partial charge in [0.15, 0.2) is 0 Å². The highest BCUT2D eigenvalue weighted by atomic mass is 32.1. The lowest BCUT2D eigenvalue weighted by Crippen LogP contribution is -2.47. The minimum atomic E-state index is -0.486. The predicted octanol–water partition coefficient (Wildman–Crippen LogP) is 1.14. The molecule has 0 spiro atoms. The Balaban J connectivity index is 2.06. The second kappa shape index (κ2) is 4.42. The first-order chi connectivity index (χ1) is 8.00. The van der Waals surface area contributed by atoms with Gasteiger partial charge in [-0.1, -0.05) is 11.3 Å². The summed E-state index contributed by atoms with van der Waals surface area (Å²) in [7, 11) is 0. The molecule has 1 unspecified atom stereocenters. The van der Waals surface area contributed by atoms with Crippen LogP contribution >= 0.6 is 11.3 Å².